The Bertz CT molecular complexity index is 908. The number of nitrogens with zero attached hydrogens (tertiary/aromatic N) is 6. The molecule has 0 aromatic carbocycles. The van der Waals surface area contributed by atoms with Gasteiger partial charge < -0.3 is 9.64 Å². The number of anilines is 1. The van der Waals surface area contributed by atoms with Crippen LogP contribution in [0.5, 0.6) is 5.88 Å². The Morgan fingerprint density at radius 1 is 1.28 bits per heavy atom. The fourth-order valence-electron chi connectivity index (χ4n) is 3.63. The van der Waals surface area contributed by atoms with Crippen molar-refractivity contribution in [3.63, 3.8) is 0 Å². The van der Waals surface area contributed by atoms with Gasteiger partial charge in [-0.05, 0) is 13.0 Å². The Balaban J connectivity index is 1.29. The molecule has 8 heteroatoms. The second-order valence-corrected chi connectivity index (χ2v) is 8.18. The van der Waals surface area contributed by atoms with E-state index in [2.05, 4.69) is 31.0 Å². The highest BCUT2D eigenvalue weighted by atomic mass is 32.2. The average Bonchev–Trinajstić information content (AvgIpc) is 3.20. The zero-order chi connectivity index (χ0) is 16.9. The van der Waals surface area contributed by atoms with Crippen molar-refractivity contribution in [2.75, 3.05) is 23.7 Å². The van der Waals surface area contributed by atoms with Crippen LogP contribution in [-0.4, -0.2) is 54.3 Å². The number of hydrogen-bond acceptors (Lipinski definition) is 7. The van der Waals surface area contributed by atoms with E-state index < -0.39 is 0 Å². The molecule has 2 aliphatic heterocycles. The van der Waals surface area contributed by atoms with Crippen molar-refractivity contribution in [1.29, 1.82) is 0 Å². The molecule has 2 aliphatic rings. The first-order chi connectivity index (χ1) is 12.2. The van der Waals surface area contributed by atoms with E-state index in [9.17, 15) is 0 Å². The van der Waals surface area contributed by atoms with Crippen molar-refractivity contribution in [3.8, 4) is 5.88 Å². The SMILES string of the molecule is Cc1cc(N2CC3(CC(Oc4ccccn4)CS3)C2)n2ncnc2n1. The van der Waals surface area contributed by atoms with Crippen molar-refractivity contribution >= 4 is 23.4 Å². The highest BCUT2D eigenvalue weighted by Gasteiger charge is 2.50. The summed E-state index contributed by atoms with van der Waals surface area (Å²) in [4.78, 5) is 15.2. The Morgan fingerprint density at radius 2 is 2.20 bits per heavy atom. The van der Waals surface area contributed by atoms with Crippen molar-refractivity contribution in [2.24, 2.45) is 0 Å². The third kappa shape index (κ3) is 2.60. The fourth-order valence-corrected chi connectivity index (χ4v) is 5.16. The normalized spacial score (nSPS) is 21.6. The summed E-state index contributed by atoms with van der Waals surface area (Å²) in [6, 6.07) is 7.86. The first-order valence-electron chi connectivity index (χ1n) is 8.35. The maximum atomic E-state index is 6.04. The number of aromatic nitrogens is 5. The summed E-state index contributed by atoms with van der Waals surface area (Å²) in [6.45, 7) is 3.99. The third-order valence-electron chi connectivity index (χ3n) is 4.74. The summed E-state index contributed by atoms with van der Waals surface area (Å²) in [5, 5.41) is 4.31. The summed E-state index contributed by atoms with van der Waals surface area (Å²) in [5.41, 5.74) is 0.965. The lowest BCUT2D eigenvalue weighted by Gasteiger charge is -2.48. The van der Waals surface area contributed by atoms with Gasteiger partial charge in [-0.3, -0.25) is 0 Å². The number of ether oxygens (including phenoxy) is 1. The molecule has 1 spiro atoms. The van der Waals surface area contributed by atoms with E-state index in [1.54, 1.807) is 12.5 Å². The number of pyridine rings is 1. The molecule has 2 fully saturated rings. The molecule has 0 saturated carbocycles. The molecule has 0 amide bonds. The van der Waals surface area contributed by atoms with E-state index >= 15 is 0 Å². The molecule has 0 aliphatic carbocycles. The van der Waals surface area contributed by atoms with Gasteiger partial charge in [-0.25, -0.2) is 9.97 Å². The second kappa shape index (κ2) is 5.59. The Morgan fingerprint density at radius 3 is 3.04 bits per heavy atom. The third-order valence-corrected chi connectivity index (χ3v) is 6.32. The molecule has 25 heavy (non-hydrogen) atoms. The van der Waals surface area contributed by atoms with E-state index in [-0.39, 0.29) is 10.9 Å². The fraction of sp³-hybridized carbons (Fsp3) is 0.412. The lowest BCUT2D eigenvalue weighted by molar-refractivity contribution is 0.194. The largest absolute Gasteiger partial charge is 0.473 e. The average molecular weight is 354 g/mol. The maximum absolute atomic E-state index is 6.04. The minimum atomic E-state index is 0.229. The molecule has 0 bridgehead atoms. The summed E-state index contributed by atoms with van der Waals surface area (Å²) in [5.74, 6) is 3.46. The Hall–Kier alpha value is -2.35. The molecule has 128 valence electrons. The van der Waals surface area contributed by atoms with E-state index in [0.29, 0.717) is 5.78 Å². The second-order valence-electron chi connectivity index (χ2n) is 6.69. The number of thioether (sulfide) groups is 1. The van der Waals surface area contributed by atoms with E-state index in [1.807, 2.05) is 41.4 Å². The zero-order valence-corrected chi connectivity index (χ0v) is 14.7. The number of rotatable bonds is 3. The molecule has 0 radical (unpaired) electrons. The van der Waals surface area contributed by atoms with Crippen LogP contribution in [0.3, 0.4) is 0 Å². The molecule has 2 saturated heterocycles. The van der Waals surface area contributed by atoms with Crippen LogP contribution >= 0.6 is 11.8 Å². The molecular weight excluding hydrogens is 336 g/mol. The topological polar surface area (TPSA) is 68.4 Å². The first kappa shape index (κ1) is 14.9. The molecule has 3 aromatic heterocycles. The molecule has 0 N–H and O–H groups in total. The molecule has 5 heterocycles. The lowest BCUT2D eigenvalue weighted by Crippen LogP contribution is -2.59. The van der Waals surface area contributed by atoms with Gasteiger partial charge in [0.1, 0.15) is 18.2 Å². The van der Waals surface area contributed by atoms with Crippen LogP contribution in [0, 0.1) is 6.92 Å². The summed E-state index contributed by atoms with van der Waals surface area (Å²) >= 11 is 2.01. The van der Waals surface area contributed by atoms with Gasteiger partial charge in [-0.1, -0.05) is 6.07 Å². The van der Waals surface area contributed by atoms with Gasteiger partial charge in [0, 0.05) is 49.3 Å². The van der Waals surface area contributed by atoms with Crippen LogP contribution < -0.4 is 9.64 Å². The Labute approximate surface area is 149 Å². The minimum Gasteiger partial charge on any atom is -0.473 e. The van der Waals surface area contributed by atoms with Crippen molar-refractivity contribution in [3.05, 3.63) is 42.5 Å². The van der Waals surface area contributed by atoms with Gasteiger partial charge in [-0.15, -0.1) is 11.8 Å². The van der Waals surface area contributed by atoms with Gasteiger partial charge in [0.25, 0.3) is 5.78 Å². The van der Waals surface area contributed by atoms with E-state index in [0.717, 1.165) is 42.7 Å². The molecular formula is C17H18N6OS. The van der Waals surface area contributed by atoms with Crippen LogP contribution in [0.2, 0.25) is 0 Å². The van der Waals surface area contributed by atoms with E-state index in [1.165, 1.54) is 0 Å². The van der Waals surface area contributed by atoms with Gasteiger partial charge in [0.05, 0.1) is 4.75 Å². The minimum absolute atomic E-state index is 0.229. The van der Waals surface area contributed by atoms with Crippen LogP contribution in [0.25, 0.3) is 5.78 Å². The quantitative estimate of drug-likeness (QED) is 0.712. The van der Waals surface area contributed by atoms with Crippen LogP contribution in [0.15, 0.2) is 36.8 Å². The van der Waals surface area contributed by atoms with Crippen molar-refractivity contribution < 1.29 is 4.74 Å². The van der Waals surface area contributed by atoms with E-state index in [4.69, 9.17) is 4.74 Å². The monoisotopic (exact) mass is 354 g/mol. The van der Waals surface area contributed by atoms with Gasteiger partial charge in [0.2, 0.25) is 5.88 Å². The van der Waals surface area contributed by atoms with Gasteiger partial charge in [-0.2, -0.15) is 14.6 Å². The smallest absolute Gasteiger partial charge is 0.254 e. The predicted octanol–water partition coefficient (Wildman–Crippen LogP) is 1.97. The molecule has 7 nitrogen and oxygen atoms in total. The number of hydrogen-bond donors (Lipinski definition) is 0. The predicted molar refractivity (Wildman–Crippen MR) is 96.2 cm³/mol. The van der Waals surface area contributed by atoms with Gasteiger partial charge >= 0.3 is 0 Å². The number of aryl methyl sites for hydroxylation is 1. The van der Waals surface area contributed by atoms with Crippen molar-refractivity contribution in [1.82, 2.24) is 24.6 Å². The first-order valence-corrected chi connectivity index (χ1v) is 9.33. The highest BCUT2D eigenvalue weighted by Crippen LogP contribution is 2.47. The summed E-state index contributed by atoms with van der Waals surface area (Å²) in [6.07, 6.45) is 4.61. The Kier molecular flexibility index (Phi) is 3.34. The van der Waals surface area contributed by atoms with Crippen LogP contribution in [-0.2, 0) is 0 Å². The summed E-state index contributed by atoms with van der Waals surface area (Å²) < 4.78 is 8.12. The summed E-state index contributed by atoms with van der Waals surface area (Å²) in [7, 11) is 0. The number of fused-ring (bicyclic) bond motifs is 1. The molecule has 1 unspecified atom stereocenters. The zero-order valence-electron chi connectivity index (χ0n) is 13.9. The van der Waals surface area contributed by atoms with Gasteiger partial charge in [0.15, 0.2) is 0 Å². The van der Waals surface area contributed by atoms with Crippen molar-refractivity contribution in [2.45, 2.75) is 24.2 Å². The van der Waals surface area contributed by atoms with Crippen LogP contribution in [0.1, 0.15) is 12.1 Å². The maximum Gasteiger partial charge on any atom is 0.254 e. The van der Waals surface area contributed by atoms with Crippen LogP contribution in [0.4, 0.5) is 5.82 Å². The highest BCUT2D eigenvalue weighted by molar-refractivity contribution is 8.01. The molecule has 3 aromatic rings. The standard InChI is InChI=1S/C17H18N6OS/c1-12-6-15(23-16(21-12)19-11-20-23)22-9-17(10-22)7-13(8-25-17)24-14-4-2-3-5-18-14/h2-6,11,13H,7-10H2,1H3. The molecule has 1 atom stereocenters. The lowest BCUT2D eigenvalue weighted by atomic mass is 9.93. The molecule has 5 rings (SSSR count).